The standard InChI is InChI=1S/C21H24N2O4/c1-26-20(24)17-9-7-16(8-10-17)19-13-18(22)11-12-23(19)21(25)27-14-15-5-3-2-4-6-15/h2-10,18-19H,11-14,22H2,1H3. The molecule has 2 N–H and O–H groups in total. The van der Waals surface area contributed by atoms with Crippen molar-refractivity contribution in [3.05, 3.63) is 71.3 Å². The van der Waals surface area contributed by atoms with E-state index in [4.69, 9.17) is 15.2 Å². The number of piperidine rings is 1. The van der Waals surface area contributed by atoms with Gasteiger partial charge in [0.25, 0.3) is 0 Å². The van der Waals surface area contributed by atoms with Crippen LogP contribution in [0.4, 0.5) is 4.79 Å². The molecule has 1 aliphatic heterocycles. The topological polar surface area (TPSA) is 81.9 Å². The molecule has 0 aromatic heterocycles. The van der Waals surface area contributed by atoms with E-state index in [1.54, 1.807) is 17.0 Å². The Morgan fingerprint density at radius 2 is 1.81 bits per heavy atom. The van der Waals surface area contributed by atoms with Crippen LogP contribution in [0.15, 0.2) is 54.6 Å². The van der Waals surface area contributed by atoms with Crippen LogP contribution in [0.2, 0.25) is 0 Å². The van der Waals surface area contributed by atoms with Crippen molar-refractivity contribution in [3.63, 3.8) is 0 Å². The molecule has 3 rings (SSSR count). The Balaban J connectivity index is 1.72. The Hall–Kier alpha value is -2.86. The first-order chi connectivity index (χ1) is 13.1. The van der Waals surface area contributed by atoms with Gasteiger partial charge in [-0.05, 0) is 36.1 Å². The van der Waals surface area contributed by atoms with Crippen molar-refractivity contribution >= 4 is 12.1 Å². The molecule has 27 heavy (non-hydrogen) atoms. The van der Waals surface area contributed by atoms with E-state index in [2.05, 4.69) is 0 Å². The van der Waals surface area contributed by atoms with E-state index < -0.39 is 0 Å². The highest BCUT2D eigenvalue weighted by molar-refractivity contribution is 5.89. The predicted molar refractivity (Wildman–Crippen MR) is 101 cm³/mol. The molecule has 0 aliphatic carbocycles. The lowest BCUT2D eigenvalue weighted by Crippen LogP contribution is -2.45. The fraction of sp³-hybridized carbons (Fsp3) is 0.333. The van der Waals surface area contributed by atoms with E-state index in [9.17, 15) is 9.59 Å². The Morgan fingerprint density at radius 3 is 2.48 bits per heavy atom. The molecule has 0 saturated carbocycles. The van der Waals surface area contributed by atoms with Crippen LogP contribution in [0.3, 0.4) is 0 Å². The summed E-state index contributed by atoms with van der Waals surface area (Å²) in [5.74, 6) is -0.388. The Labute approximate surface area is 158 Å². The second-order valence-corrected chi connectivity index (χ2v) is 6.65. The van der Waals surface area contributed by atoms with Gasteiger partial charge in [0.2, 0.25) is 0 Å². The molecular weight excluding hydrogens is 344 g/mol. The van der Waals surface area contributed by atoms with Gasteiger partial charge in [-0.1, -0.05) is 42.5 Å². The number of ether oxygens (including phenoxy) is 2. The summed E-state index contributed by atoms with van der Waals surface area (Å²) in [6, 6.07) is 16.5. The number of esters is 1. The molecule has 6 heteroatoms. The summed E-state index contributed by atoms with van der Waals surface area (Å²) in [6.07, 6.45) is 1.03. The maximum absolute atomic E-state index is 12.7. The van der Waals surface area contributed by atoms with E-state index in [-0.39, 0.29) is 30.8 Å². The molecule has 2 atom stereocenters. The van der Waals surface area contributed by atoms with Gasteiger partial charge in [0.1, 0.15) is 6.61 Å². The molecule has 1 heterocycles. The lowest BCUT2D eigenvalue weighted by Gasteiger charge is -2.38. The van der Waals surface area contributed by atoms with Crippen molar-refractivity contribution in [2.45, 2.75) is 31.5 Å². The molecule has 1 saturated heterocycles. The number of nitrogens with two attached hydrogens (primary N) is 1. The molecule has 1 fully saturated rings. The van der Waals surface area contributed by atoms with Crippen molar-refractivity contribution in [2.75, 3.05) is 13.7 Å². The number of benzene rings is 2. The van der Waals surface area contributed by atoms with E-state index in [0.717, 1.165) is 17.5 Å². The summed E-state index contributed by atoms with van der Waals surface area (Å²) in [7, 11) is 1.35. The number of hydrogen-bond donors (Lipinski definition) is 1. The summed E-state index contributed by atoms with van der Waals surface area (Å²) in [4.78, 5) is 26.0. The summed E-state index contributed by atoms with van der Waals surface area (Å²) in [5.41, 5.74) is 8.48. The number of hydrogen-bond acceptors (Lipinski definition) is 5. The summed E-state index contributed by atoms with van der Waals surface area (Å²) < 4.78 is 10.2. The molecule has 2 aromatic rings. The fourth-order valence-electron chi connectivity index (χ4n) is 3.29. The summed E-state index contributed by atoms with van der Waals surface area (Å²) in [5, 5.41) is 0. The molecule has 0 radical (unpaired) electrons. The van der Waals surface area contributed by atoms with Gasteiger partial charge in [-0.2, -0.15) is 0 Å². The summed E-state index contributed by atoms with van der Waals surface area (Å²) >= 11 is 0. The summed E-state index contributed by atoms with van der Waals surface area (Å²) in [6.45, 7) is 0.772. The SMILES string of the molecule is COC(=O)c1ccc(C2CC(N)CCN2C(=O)OCc2ccccc2)cc1. The van der Waals surface area contributed by atoms with Crippen LogP contribution >= 0.6 is 0 Å². The largest absolute Gasteiger partial charge is 0.465 e. The van der Waals surface area contributed by atoms with Gasteiger partial charge in [0.05, 0.1) is 18.7 Å². The minimum atomic E-state index is -0.388. The number of likely N-dealkylation sites (tertiary alicyclic amines) is 1. The first-order valence-corrected chi connectivity index (χ1v) is 8.99. The number of methoxy groups -OCH3 is 1. The van der Waals surface area contributed by atoms with Crippen LogP contribution < -0.4 is 5.73 Å². The Morgan fingerprint density at radius 1 is 1.11 bits per heavy atom. The van der Waals surface area contributed by atoms with E-state index >= 15 is 0 Å². The average Bonchev–Trinajstić information content (AvgIpc) is 2.72. The normalized spacial score (nSPS) is 19.4. The Kier molecular flexibility index (Phi) is 6.08. The minimum Gasteiger partial charge on any atom is -0.465 e. The first-order valence-electron chi connectivity index (χ1n) is 8.99. The number of nitrogens with zero attached hydrogens (tertiary/aromatic N) is 1. The third-order valence-electron chi connectivity index (χ3n) is 4.80. The highest BCUT2D eigenvalue weighted by Gasteiger charge is 2.32. The average molecular weight is 368 g/mol. The highest BCUT2D eigenvalue weighted by Crippen LogP contribution is 2.31. The molecule has 6 nitrogen and oxygen atoms in total. The van der Waals surface area contributed by atoms with Crippen LogP contribution in [-0.2, 0) is 16.1 Å². The van der Waals surface area contributed by atoms with Crippen LogP contribution in [0.25, 0.3) is 0 Å². The highest BCUT2D eigenvalue weighted by atomic mass is 16.6. The molecule has 2 unspecified atom stereocenters. The van der Waals surface area contributed by atoms with Gasteiger partial charge in [-0.15, -0.1) is 0 Å². The monoisotopic (exact) mass is 368 g/mol. The van der Waals surface area contributed by atoms with Crippen molar-refractivity contribution in [1.29, 1.82) is 0 Å². The number of carbonyl (C=O) groups excluding carboxylic acids is 2. The van der Waals surface area contributed by atoms with Crippen LogP contribution in [0.1, 0.15) is 40.4 Å². The second-order valence-electron chi connectivity index (χ2n) is 6.65. The van der Waals surface area contributed by atoms with Gasteiger partial charge >= 0.3 is 12.1 Å². The maximum atomic E-state index is 12.7. The molecular formula is C21H24N2O4. The molecule has 1 aliphatic rings. The first kappa shape index (κ1) is 18.9. The van der Waals surface area contributed by atoms with Crippen molar-refractivity contribution in [3.8, 4) is 0 Å². The zero-order chi connectivity index (χ0) is 19.2. The maximum Gasteiger partial charge on any atom is 0.410 e. The molecule has 142 valence electrons. The fourth-order valence-corrected chi connectivity index (χ4v) is 3.29. The van der Waals surface area contributed by atoms with E-state index in [1.165, 1.54) is 7.11 Å². The number of amides is 1. The van der Waals surface area contributed by atoms with Gasteiger partial charge in [-0.3, -0.25) is 0 Å². The zero-order valence-corrected chi connectivity index (χ0v) is 15.3. The third-order valence-corrected chi connectivity index (χ3v) is 4.80. The molecule has 2 aromatic carbocycles. The molecule has 1 amide bonds. The zero-order valence-electron chi connectivity index (χ0n) is 15.3. The van der Waals surface area contributed by atoms with E-state index in [0.29, 0.717) is 18.5 Å². The van der Waals surface area contributed by atoms with Crippen LogP contribution in [0, 0.1) is 0 Å². The quantitative estimate of drug-likeness (QED) is 0.838. The lowest BCUT2D eigenvalue weighted by molar-refractivity contribution is 0.0596. The van der Waals surface area contributed by atoms with Gasteiger partial charge in [-0.25, -0.2) is 9.59 Å². The number of rotatable bonds is 4. The predicted octanol–water partition coefficient (Wildman–Crippen LogP) is 3.27. The minimum absolute atomic E-state index is 0.0217. The molecule has 0 bridgehead atoms. The van der Waals surface area contributed by atoms with Crippen molar-refractivity contribution in [2.24, 2.45) is 5.73 Å². The van der Waals surface area contributed by atoms with Gasteiger partial charge in [0.15, 0.2) is 0 Å². The van der Waals surface area contributed by atoms with Gasteiger partial charge < -0.3 is 20.1 Å². The van der Waals surface area contributed by atoms with Crippen LogP contribution in [0.5, 0.6) is 0 Å². The second kappa shape index (κ2) is 8.68. The number of carbonyl (C=O) groups is 2. The van der Waals surface area contributed by atoms with Crippen molar-refractivity contribution in [1.82, 2.24) is 4.90 Å². The van der Waals surface area contributed by atoms with Gasteiger partial charge in [0, 0.05) is 12.6 Å². The van der Waals surface area contributed by atoms with Crippen LogP contribution in [-0.4, -0.2) is 36.7 Å². The lowest BCUT2D eigenvalue weighted by atomic mass is 9.92. The van der Waals surface area contributed by atoms with Crippen molar-refractivity contribution < 1.29 is 19.1 Å². The third kappa shape index (κ3) is 4.65. The molecule has 0 spiro atoms. The smallest absolute Gasteiger partial charge is 0.410 e. The van der Waals surface area contributed by atoms with E-state index in [1.807, 2.05) is 42.5 Å². The Bertz CT molecular complexity index is 777.